The van der Waals surface area contributed by atoms with Gasteiger partial charge in [-0.05, 0) is 24.3 Å². The van der Waals surface area contributed by atoms with Gasteiger partial charge in [0.2, 0.25) is 0 Å². The van der Waals surface area contributed by atoms with Crippen molar-refractivity contribution in [3.63, 3.8) is 0 Å². The van der Waals surface area contributed by atoms with Crippen molar-refractivity contribution in [2.24, 2.45) is 0 Å². The normalized spacial score (nSPS) is 11.1. The summed E-state index contributed by atoms with van der Waals surface area (Å²) in [5, 5.41) is 0.461. The molecule has 0 saturated carbocycles. The highest BCUT2D eigenvalue weighted by atomic mass is 35.5. The minimum absolute atomic E-state index is 0.0233. The van der Waals surface area contributed by atoms with E-state index in [1.807, 2.05) is 0 Å². The van der Waals surface area contributed by atoms with Gasteiger partial charge in [0.1, 0.15) is 19.0 Å². The summed E-state index contributed by atoms with van der Waals surface area (Å²) >= 11 is 5.95. The van der Waals surface area contributed by atoms with Crippen molar-refractivity contribution >= 4 is 27.4 Å². The molecule has 0 atom stereocenters. The van der Waals surface area contributed by atoms with Gasteiger partial charge in [-0.3, -0.25) is 0 Å². The van der Waals surface area contributed by atoms with Gasteiger partial charge in [0.15, 0.2) is 9.84 Å². The maximum atomic E-state index is 12.1. The standard InChI is InChI=1S/C17H17ClO5S/c1-2-24(20,21)16-10-6-3-7-13(16)17(19)23-12-11-22-15-9-5-4-8-14(15)18/h3-10H,2,11-12H2,1H3. The van der Waals surface area contributed by atoms with E-state index in [2.05, 4.69) is 0 Å². The summed E-state index contributed by atoms with van der Waals surface area (Å²) in [7, 11) is -3.50. The van der Waals surface area contributed by atoms with Crippen LogP contribution in [0.4, 0.5) is 0 Å². The third-order valence-electron chi connectivity index (χ3n) is 3.23. The van der Waals surface area contributed by atoms with Crippen molar-refractivity contribution in [3.8, 4) is 5.75 Å². The van der Waals surface area contributed by atoms with Gasteiger partial charge in [-0.2, -0.15) is 0 Å². The summed E-state index contributed by atoms with van der Waals surface area (Å²) in [6, 6.07) is 12.9. The fourth-order valence-corrected chi connectivity index (χ4v) is 3.26. The van der Waals surface area contributed by atoms with E-state index in [-0.39, 0.29) is 29.4 Å². The van der Waals surface area contributed by atoms with E-state index in [0.29, 0.717) is 10.8 Å². The van der Waals surface area contributed by atoms with Crippen LogP contribution in [0.15, 0.2) is 53.4 Å². The van der Waals surface area contributed by atoms with Crippen LogP contribution in [0.1, 0.15) is 17.3 Å². The smallest absolute Gasteiger partial charge is 0.339 e. The molecule has 0 aliphatic heterocycles. The Morgan fingerprint density at radius 1 is 1.04 bits per heavy atom. The second kappa shape index (κ2) is 8.17. The number of esters is 1. The van der Waals surface area contributed by atoms with Crippen LogP contribution in [0.5, 0.6) is 5.75 Å². The lowest BCUT2D eigenvalue weighted by molar-refractivity contribution is 0.0446. The molecule has 2 aromatic carbocycles. The average molecular weight is 369 g/mol. The molecule has 0 fully saturated rings. The zero-order valence-electron chi connectivity index (χ0n) is 13.1. The molecule has 0 saturated heterocycles. The van der Waals surface area contributed by atoms with E-state index in [1.54, 1.807) is 36.4 Å². The molecule has 128 valence electrons. The highest BCUT2D eigenvalue weighted by Crippen LogP contribution is 2.23. The minimum Gasteiger partial charge on any atom is -0.488 e. The molecule has 0 aromatic heterocycles. The molecule has 0 amide bonds. The van der Waals surface area contributed by atoms with E-state index in [9.17, 15) is 13.2 Å². The Hall–Kier alpha value is -2.05. The van der Waals surface area contributed by atoms with E-state index in [0.717, 1.165) is 0 Å². The zero-order valence-corrected chi connectivity index (χ0v) is 14.6. The summed E-state index contributed by atoms with van der Waals surface area (Å²) in [6.45, 7) is 1.61. The first-order valence-corrected chi connectivity index (χ1v) is 9.35. The number of sulfone groups is 1. The van der Waals surface area contributed by atoms with Gasteiger partial charge in [-0.25, -0.2) is 13.2 Å². The van der Waals surface area contributed by atoms with Gasteiger partial charge in [0, 0.05) is 0 Å². The van der Waals surface area contributed by atoms with Crippen LogP contribution in [-0.4, -0.2) is 33.4 Å². The van der Waals surface area contributed by atoms with E-state index < -0.39 is 15.8 Å². The highest BCUT2D eigenvalue weighted by Gasteiger charge is 2.21. The highest BCUT2D eigenvalue weighted by molar-refractivity contribution is 7.91. The van der Waals surface area contributed by atoms with Crippen LogP contribution in [0.3, 0.4) is 0 Å². The number of ether oxygens (including phenoxy) is 2. The molecule has 0 aliphatic carbocycles. The predicted molar refractivity (Wildman–Crippen MR) is 91.4 cm³/mol. The number of benzene rings is 2. The second-order valence-corrected chi connectivity index (χ2v) is 7.47. The largest absolute Gasteiger partial charge is 0.488 e. The van der Waals surface area contributed by atoms with E-state index in [1.165, 1.54) is 19.1 Å². The number of hydrogen-bond donors (Lipinski definition) is 0. The van der Waals surface area contributed by atoms with E-state index in [4.69, 9.17) is 21.1 Å². The Bertz CT molecular complexity index is 817. The van der Waals surface area contributed by atoms with Crippen molar-refractivity contribution < 1.29 is 22.7 Å². The molecule has 24 heavy (non-hydrogen) atoms. The number of halogens is 1. The van der Waals surface area contributed by atoms with Crippen LogP contribution < -0.4 is 4.74 Å². The first kappa shape index (κ1) is 18.3. The molecule has 7 heteroatoms. The lowest BCUT2D eigenvalue weighted by Gasteiger charge is -2.10. The molecule has 0 radical (unpaired) electrons. The molecule has 5 nitrogen and oxygen atoms in total. The van der Waals surface area contributed by atoms with Gasteiger partial charge in [0.25, 0.3) is 0 Å². The number of carbonyl (C=O) groups is 1. The van der Waals surface area contributed by atoms with Crippen LogP contribution in [0.25, 0.3) is 0 Å². The SMILES string of the molecule is CCS(=O)(=O)c1ccccc1C(=O)OCCOc1ccccc1Cl. The Morgan fingerprint density at radius 2 is 1.71 bits per heavy atom. The molecule has 0 heterocycles. The minimum atomic E-state index is -3.50. The topological polar surface area (TPSA) is 69.7 Å². The number of hydrogen-bond acceptors (Lipinski definition) is 5. The molecule has 2 rings (SSSR count). The van der Waals surface area contributed by atoms with Crippen molar-refractivity contribution in [1.82, 2.24) is 0 Å². The molecule has 0 N–H and O–H groups in total. The maximum absolute atomic E-state index is 12.1. The zero-order chi connectivity index (χ0) is 17.6. The Balaban J connectivity index is 1.98. The van der Waals surface area contributed by atoms with Crippen molar-refractivity contribution in [2.45, 2.75) is 11.8 Å². The number of para-hydroxylation sites is 1. The van der Waals surface area contributed by atoms with Crippen molar-refractivity contribution in [1.29, 1.82) is 0 Å². The first-order valence-electron chi connectivity index (χ1n) is 7.32. The quantitative estimate of drug-likeness (QED) is 0.553. The van der Waals surface area contributed by atoms with Gasteiger partial charge >= 0.3 is 5.97 Å². The Labute approximate surface area is 146 Å². The molecule has 0 aliphatic rings. The van der Waals surface area contributed by atoms with Crippen LogP contribution in [-0.2, 0) is 14.6 Å². The van der Waals surface area contributed by atoms with Crippen LogP contribution >= 0.6 is 11.6 Å². The van der Waals surface area contributed by atoms with Gasteiger partial charge in [-0.15, -0.1) is 0 Å². The lowest BCUT2D eigenvalue weighted by Crippen LogP contribution is -2.16. The summed E-state index contributed by atoms with van der Waals surface area (Å²) < 4.78 is 34.6. The molecule has 2 aromatic rings. The molecule has 0 spiro atoms. The number of carbonyl (C=O) groups excluding carboxylic acids is 1. The summed E-state index contributed by atoms with van der Waals surface area (Å²) in [6.07, 6.45) is 0. The molecule has 0 bridgehead atoms. The average Bonchev–Trinajstić information content (AvgIpc) is 2.60. The van der Waals surface area contributed by atoms with Gasteiger partial charge in [0.05, 0.1) is 21.2 Å². The summed E-state index contributed by atoms with van der Waals surface area (Å²) in [5.41, 5.74) is 0.0251. The predicted octanol–water partition coefficient (Wildman–Crippen LogP) is 3.37. The third-order valence-corrected chi connectivity index (χ3v) is 5.33. The fourth-order valence-electron chi connectivity index (χ4n) is 1.99. The van der Waals surface area contributed by atoms with E-state index >= 15 is 0 Å². The summed E-state index contributed by atoms with van der Waals surface area (Å²) in [5.74, 6) is -0.304. The number of rotatable bonds is 7. The van der Waals surface area contributed by atoms with Gasteiger partial charge in [-0.1, -0.05) is 42.8 Å². The summed E-state index contributed by atoms with van der Waals surface area (Å²) in [4.78, 5) is 12.1. The van der Waals surface area contributed by atoms with Gasteiger partial charge < -0.3 is 9.47 Å². The third kappa shape index (κ3) is 4.49. The maximum Gasteiger partial charge on any atom is 0.339 e. The first-order chi connectivity index (χ1) is 11.5. The Morgan fingerprint density at radius 3 is 2.42 bits per heavy atom. The lowest BCUT2D eigenvalue weighted by atomic mass is 10.2. The molecular formula is C17H17ClO5S. The monoisotopic (exact) mass is 368 g/mol. The van der Waals surface area contributed by atoms with Crippen molar-refractivity contribution in [2.75, 3.05) is 19.0 Å². The fraction of sp³-hybridized carbons (Fsp3) is 0.235. The second-order valence-electron chi connectivity index (χ2n) is 4.81. The van der Waals surface area contributed by atoms with Crippen LogP contribution in [0.2, 0.25) is 5.02 Å². The molecular weight excluding hydrogens is 352 g/mol. The molecule has 0 unspecified atom stereocenters. The van der Waals surface area contributed by atoms with Crippen molar-refractivity contribution in [3.05, 3.63) is 59.1 Å². The Kier molecular flexibility index (Phi) is 6.23. The van der Waals surface area contributed by atoms with Crippen LogP contribution in [0, 0.1) is 0 Å².